The van der Waals surface area contributed by atoms with Crippen molar-refractivity contribution in [2.45, 2.75) is 42.0 Å². The summed E-state index contributed by atoms with van der Waals surface area (Å²) in [6.45, 7) is 3.46. The Labute approximate surface area is 204 Å². The number of pyridine rings is 1. The van der Waals surface area contributed by atoms with E-state index in [-0.39, 0.29) is 0 Å². The molecule has 2 aromatic heterocycles. The van der Waals surface area contributed by atoms with E-state index in [9.17, 15) is 0 Å². The van der Waals surface area contributed by atoms with E-state index >= 15 is 0 Å². The number of nitrogen functional groups attached to an aromatic ring is 1. The molecule has 4 N–H and O–H groups in total. The highest BCUT2D eigenvalue weighted by Gasteiger charge is 2.16. The molecule has 0 unspecified atom stereocenters. The molecule has 2 aromatic carbocycles. The zero-order valence-corrected chi connectivity index (χ0v) is 20.1. The predicted octanol–water partition coefficient (Wildman–Crippen LogP) is 4.99. The van der Waals surface area contributed by atoms with E-state index in [0.29, 0.717) is 11.7 Å². The van der Waals surface area contributed by atoms with Crippen LogP contribution < -0.4 is 11.1 Å². The van der Waals surface area contributed by atoms with Crippen molar-refractivity contribution in [2.24, 2.45) is 5.92 Å². The third-order valence-electron chi connectivity index (χ3n) is 6.34. The summed E-state index contributed by atoms with van der Waals surface area (Å²) in [5.41, 5.74) is 10.8. The number of nitrogens with two attached hydrogens (primary N) is 1. The summed E-state index contributed by atoms with van der Waals surface area (Å²) in [7, 11) is 0. The lowest BCUT2D eigenvalue weighted by atomic mass is 9.92. The molecule has 1 aliphatic rings. The van der Waals surface area contributed by atoms with E-state index < -0.39 is 0 Å². The Morgan fingerprint density at radius 3 is 2.82 bits per heavy atom. The normalized spacial score (nSPS) is 14.6. The van der Waals surface area contributed by atoms with Gasteiger partial charge in [0.1, 0.15) is 5.82 Å². The number of imidazole rings is 1. The van der Waals surface area contributed by atoms with Gasteiger partial charge < -0.3 is 20.8 Å². The molecule has 0 atom stereocenters. The van der Waals surface area contributed by atoms with Gasteiger partial charge in [0.15, 0.2) is 0 Å². The number of benzene rings is 2. The lowest BCUT2D eigenvalue weighted by Crippen LogP contribution is -2.18. The highest BCUT2D eigenvalue weighted by atomic mass is 32.2. The molecule has 6 nitrogen and oxygen atoms in total. The molecule has 0 aliphatic carbocycles. The summed E-state index contributed by atoms with van der Waals surface area (Å²) in [6.07, 6.45) is 7.72. The first-order valence-electron chi connectivity index (χ1n) is 11.9. The van der Waals surface area contributed by atoms with Gasteiger partial charge in [-0.25, -0.2) is 9.97 Å². The number of hydrogen-bond donors (Lipinski definition) is 3. The molecule has 0 amide bonds. The van der Waals surface area contributed by atoms with Gasteiger partial charge in [-0.15, -0.1) is 0 Å². The molecule has 176 valence electrons. The quantitative estimate of drug-likeness (QED) is 0.297. The average molecular weight is 474 g/mol. The summed E-state index contributed by atoms with van der Waals surface area (Å²) >= 11 is 1.78. The van der Waals surface area contributed by atoms with E-state index in [1.807, 2.05) is 6.20 Å². The number of hydrogen-bond acceptors (Lipinski definition) is 6. The number of nitrogens with one attached hydrogen (secondary N) is 2. The minimum atomic E-state index is 0.628. The van der Waals surface area contributed by atoms with Crippen molar-refractivity contribution in [3.63, 3.8) is 0 Å². The van der Waals surface area contributed by atoms with Crippen LogP contribution in [0.4, 0.5) is 5.82 Å². The molecule has 34 heavy (non-hydrogen) atoms. The first-order chi connectivity index (χ1) is 16.7. The Bertz CT molecular complexity index is 1220. The molecule has 4 aromatic rings. The summed E-state index contributed by atoms with van der Waals surface area (Å²) in [5.74, 6) is 1.29. The van der Waals surface area contributed by atoms with Crippen molar-refractivity contribution in [1.29, 1.82) is 0 Å². The maximum Gasteiger partial charge on any atom is 0.127 e. The number of H-pyrrole nitrogens is 1. The molecule has 1 saturated heterocycles. The molecular weight excluding hydrogens is 442 g/mol. The Morgan fingerprint density at radius 1 is 1.09 bits per heavy atom. The van der Waals surface area contributed by atoms with Gasteiger partial charge in [-0.2, -0.15) is 0 Å². The molecule has 0 bridgehead atoms. The Balaban J connectivity index is 1.24. The smallest absolute Gasteiger partial charge is 0.127 e. The van der Waals surface area contributed by atoms with Gasteiger partial charge in [0.05, 0.1) is 11.8 Å². The van der Waals surface area contributed by atoms with Gasteiger partial charge in [0.25, 0.3) is 0 Å². The Morgan fingerprint density at radius 2 is 1.97 bits per heavy atom. The number of nitrogens with zero attached hydrogens (tertiary/aromatic N) is 2. The fourth-order valence-corrected chi connectivity index (χ4v) is 5.39. The van der Waals surface area contributed by atoms with E-state index in [1.54, 1.807) is 18.1 Å². The van der Waals surface area contributed by atoms with Crippen LogP contribution in [0.25, 0.3) is 10.9 Å². The van der Waals surface area contributed by atoms with Crippen LogP contribution in [-0.2, 0) is 24.1 Å². The van der Waals surface area contributed by atoms with Gasteiger partial charge in [0, 0.05) is 59.8 Å². The standard InChI is InChI=1S/C27H31N5OS/c28-27-22(12-19-7-10-33-11-8-19)14-21-15-25(4-5-26(21)32-27)34-24-3-1-2-20(13-24)16-29-9-6-23-17-30-18-31-23/h1-5,13-15,17-19,29H,6-12,16H2,(H2,28,32)(H,30,31). The number of rotatable bonds is 9. The number of aromatic nitrogens is 3. The SMILES string of the molecule is Nc1nc2ccc(Sc3cccc(CNCCc4cnc[nH]4)c3)cc2cc1CC1CCOCC1. The van der Waals surface area contributed by atoms with Crippen LogP contribution in [0.5, 0.6) is 0 Å². The second kappa shape index (κ2) is 11.0. The van der Waals surface area contributed by atoms with Crippen molar-refractivity contribution < 1.29 is 4.74 Å². The van der Waals surface area contributed by atoms with Crippen LogP contribution in [0.3, 0.4) is 0 Å². The van der Waals surface area contributed by atoms with Crippen LogP contribution in [0.2, 0.25) is 0 Å². The largest absolute Gasteiger partial charge is 0.383 e. The summed E-state index contributed by atoms with van der Waals surface area (Å²) < 4.78 is 5.50. The van der Waals surface area contributed by atoms with Crippen LogP contribution in [0.15, 0.2) is 70.8 Å². The van der Waals surface area contributed by atoms with Gasteiger partial charge >= 0.3 is 0 Å². The minimum absolute atomic E-state index is 0.628. The molecular formula is C27H31N5OS. The minimum Gasteiger partial charge on any atom is -0.383 e. The van der Waals surface area contributed by atoms with Crippen LogP contribution in [-0.4, -0.2) is 34.7 Å². The second-order valence-corrected chi connectivity index (χ2v) is 10.0. The molecule has 0 spiro atoms. The van der Waals surface area contributed by atoms with Crippen molar-refractivity contribution in [1.82, 2.24) is 20.3 Å². The predicted molar refractivity (Wildman–Crippen MR) is 138 cm³/mol. The third-order valence-corrected chi connectivity index (χ3v) is 7.32. The van der Waals surface area contributed by atoms with E-state index in [2.05, 4.69) is 68.8 Å². The molecule has 0 saturated carbocycles. The monoisotopic (exact) mass is 473 g/mol. The first kappa shape index (κ1) is 22.9. The van der Waals surface area contributed by atoms with E-state index in [4.69, 9.17) is 10.5 Å². The number of fused-ring (bicyclic) bond motifs is 1. The van der Waals surface area contributed by atoms with E-state index in [0.717, 1.165) is 74.1 Å². The Hall–Kier alpha value is -2.87. The second-order valence-electron chi connectivity index (χ2n) is 8.90. The van der Waals surface area contributed by atoms with Crippen molar-refractivity contribution in [3.8, 4) is 0 Å². The molecule has 1 fully saturated rings. The van der Waals surface area contributed by atoms with Crippen LogP contribution >= 0.6 is 11.8 Å². The maximum atomic E-state index is 6.30. The first-order valence-corrected chi connectivity index (χ1v) is 12.8. The van der Waals surface area contributed by atoms with Gasteiger partial charge in [-0.3, -0.25) is 0 Å². The van der Waals surface area contributed by atoms with Crippen molar-refractivity contribution in [3.05, 3.63) is 77.9 Å². The number of anilines is 1. The summed E-state index contributed by atoms with van der Waals surface area (Å²) in [6, 6.07) is 17.4. The topological polar surface area (TPSA) is 88.9 Å². The average Bonchev–Trinajstić information content (AvgIpc) is 3.37. The summed E-state index contributed by atoms with van der Waals surface area (Å²) in [4.78, 5) is 14.3. The van der Waals surface area contributed by atoms with Gasteiger partial charge in [0.2, 0.25) is 0 Å². The summed E-state index contributed by atoms with van der Waals surface area (Å²) in [5, 5.41) is 4.67. The highest BCUT2D eigenvalue weighted by molar-refractivity contribution is 7.99. The van der Waals surface area contributed by atoms with Crippen LogP contribution in [0, 0.1) is 5.92 Å². The maximum absolute atomic E-state index is 6.30. The molecule has 3 heterocycles. The fraction of sp³-hybridized carbons (Fsp3) is 0.333. The third kappa shape index (κ3) is 5.97. The molecule has 0 radical (unpaired) electrons. The lowest BCUT2D eigenvalue weighted by molar-refractivity contribution is 0.0666. The lowest BCUT2D eigenvalue weighted by Gasteiger charge is -2.22. The van der Waals surface area contributed by atoms with Gasteiger partial charge in [-0.1, -0.05) is 23.9 Å². The van der Waals surface area contributed by atoms with Gasteiger partial charge in [-0.05, 0) is 72.7 Å². The fourth-order valence-electron chi connectivity index (χ4n) is 4.43. The van der Waals surface area contributed by atoms with Crippen LogP contribution in [0.1, 0.15) is 29.7 Å². The molecule has 5 rings (SSSR count). The number of ether oxygens (including phenoxy) is 1. The van der Waals surface area contributed by atoms with Crippen molar-refractivity contribution in [2.75, 3.05) is 25.5 Å². The van der Waals surface area contributed by atoms with Crippen molar-refractivity contribution >= 4 is 28.5 Å². The zero-order chi connectivity index (χ0) is 23.2. The zero-order valence-electron chi connectivity index (χ0n) is 19.3. The number of aromatic amines is 1. The molecule has 7 heteroatoms. The highest BCUT2D eigenvalue weighted by Crippen LogP contribution is 2.32. The van der Waals surface area contributed by atoms with E-state index in [1.165, 1.54) is 15.4 Å². The molecule has 1 aliphatic heterocycles. The Kier molecular flexibility index (Phi) is 7.43.